The van der Waals surface area contributed by atoms with Crippen LogP contribution in [0.2, 0.25) is 0 Å². The van der Waals surface area contributed by atoms with E-state index in [9.17, 15) is 0 Å². The third-order valence-electron chi connectivity index (χ3n) is 4.07. The summed E-state index contributed by atoms with van der Waals surface area (Å²) in [5.41, 5.74) is 2.32. The highest BCUT2D eigenvalue weighted by Crippen LogP contribution is 2.17. The van der Waals surface area contributed by atoms with Crippen molar-refractivity contribution in [2.24, 2.45) is 0 Å². The Morgan fingerprint density at radius 3 is 2.24 bits per heavy atom. The molecule has 0 bridgehead atoms. The molecule has 2 aromatic rings. The van der Waals surface area contributed by atoms with Crippen LogP contribution in [-0.4, -0.2) is 19.3 Å². The molecule has 3 nitrogen and oxygen atoms in total. The summed E-state index contributed by atoms with van der Waals surface area (Å²) in [6.07, 6.45) is 5.01. The Hall–Kier alpha value is -2.16. The van der Waals surface area contributed by atoms with Crippen LogP contribution in [-0.2, 0) is 0 Å². The second-order valence-corrected chi connectivity index (χ2v) is 6.56. The first-order chi connectivity index (χ1) is 12.2. The van der Waals surface area contributed by atoms with Gasteiger partial charge in [0, 0.05) is 5.69 Å². The first kappa shape index (κ1) is 19.2. The van der Waals surface area contributed by atoms with Crippen molar-refractivity contribution < 1.29 is 9.47 Å². The average molecular weight is 341 g/mol. The standard InChI is InChI=1S/C22H31NO2/c1-4-5-6-7-16-24-21-14-10-20(11-15-21)23-17-19(3)25-22-12-8-18(2)9-13-22/h8-15,19,23H,4-7,16-17H2,1-3H3. The molecule has 2 aromatic carbocycles. The number of ether oxygens (including phenoxy) is 2. The smallest absolute Gasteiger partial charge is 0.119 e. The van der Waals surface area contributed by atoms with Gasteiger partial charge < -0.3 is 14.8 Å². The quantitative estimate of drug-likeness (QED) is 0.521. The predicted molar refractivity (Wildman–Crippen MR) is 106 cm³/mol. The summed E-state index contributed by atoms with van der Waals surface area (Å²) in [6.45, 7) is 7.92. The number of unbranched alkanes of at least 4 members (excludes halogenated alkanes) is 3. The van der Waals surface area contributed by atoms with Crippen LogP contribution < -0.4 is 14.8 Å². The molecule has 0 radical (unpaired) electrons. The molecule has 0 fully saturated rings. The molecule has 1 unspecified atom stereocenters. The van der Waals surface area contributed by atoms with Crippen LogP contribution in [0.5, 0.6) is 11.5 Å². The van der Waals surface area contributed by atoms with E-state index in [2.05, 4.69) is 50.4 Å². The molecular weight excluding hydrogens is 310 g/mol. The summed E-state index contributed by atoms with van der Waals surface area (Å²) in [4.78, 5) is 0. The van der Waals surface area contributed by atoms with Crippen molar-refractivity contribution in [3.63, 3.8) is 0 Å². The minimum atomic E-state index is 0.0946. The minimum Gasteiger partial charge on any atom is -0.494 e. The maximum atomic E-state index is 5.91. The molecule has 0 aliphatic rings. The molecule has 0 amide bonds. The van der Waals surface area contributed by atoms with E-state index in [1.54, 1.807) is 0 Å². The Morgan fingerprint density at radius 1 is 0.880 bits per heavy atom. The molecule has 2 rings (SSSR count). The van der Waals surface area contributed by atoms with Crippen molar-refractivity contribution in [1.82, 2.24) is 0 Å². The van der Waals surface area contributed by atoms with Gasteiger partial charge in [-0.3, -0.25) is 0 Å². The molecule has 0 aliphatic carbocycles. The van der Waals surface area contributed by atoms with Crippen LogP contribution in [0.4, 0.5) is 5.69 Å². The first-order valence-corrected chi connectivity index (χ1v) is 9.37. The highest BCUT2D eigenvalue weighted by Gasteiger charge is 2.04. The molecular formula is C22H31NO2. The predicted octanol–water partition coefficient (Wildman–Crippen LogP) is 5.83. The van der Waals surface area contributed by atoms with Crippen molar-refractivity contribution in [2.45, 2.75) is 52.6 Å². The van der Waals surface area contributed by atoms with Crippen molar-refractivity contribution in [1.29, 1.82) is 0 Å². The van der Waals surface area contributed by atoms with Gasteiger partial charge in [-0.15, -0.1) is 0 Å². The number of rotatable bonds is 11. The number of hydrogen-bond acceptors (Lipinski definition) is 3. The Balaban J connectivity index is 1.69. The van der Waals surface area contributed by atoms with Gasteiger partial charge in [0.05, 0.1) is 13.2 Å². The normalized spacial score (nSPS) is 11.8. The maximum Gasteiger partial charge on any atom is 0.119 e. The summed E-state index contributed by atoms with van der Waals surface area (Å²) in [5.74, 6) is 1.85. The van der Waals surface area contributed by atoms with Gasteiger partial charge in [0.25, 0.3) is 0 Å². The van der Waals surface area contributed by atoms with Gasteiger partial charge in [0.1, 0.15) is 17.6 Å². The van der Waals surface area contributed by atoms with Crippen LogP contribution in [0, 0.1) is 6.92 Å². The SMILES string of the molecule is CCCCCCOc1ccc(NCC(C)Oc2ccc(C)cc2)cc1. The van der Waals surface area contributed by atoms with Crippen molar-refractivity contribution >= 4 is 5.69 Å². The minimum absolute atomic E-state index is 0.0946. The summed E-state index contributed by atoms with van der Waals surface area (Å²) < 4.78 is 11.7. The molecule has 25 heavy (non-hydrogen) atoms. The summed E-state index contributed by atoms with van der Waals surface area (Å²) in [6, 6.07) is 16.3. The molecule has 0 heterocycles. The zero-order valence-electron chi connectivity index (χ0n) is 15.8. The molecule has 1 N–H and O–H groups in total. The monoisotopic (exact) mass is 341 g/mol. The van der Waals surface area contributed by atoms with E-state index in [4.69, 9.17) is 9.47 Å². The molecule has 0 aromatic heterocycles. The van der Waals surface area contributed by atoms with E-state index in [1.165, 1.54) is 24.8 Å². The number of benzene rings is 2. The van der Waals surface area contributed by atoms with Gasteiger partial charge in [0.15, 0.2) is 0 Å². The summed E-state index contributed by atoms with van der Waals surface area (Å²) in [5, 5.41) is 3.41. The van der Waals surface area contributed by atoms with Crippen LogP contribution in [0.3, 0.4) is 0 Å². The van der Waals surface area contributed by atoms with Gasteiger partial charge in [0.2, 0.25) is 0 Å². The molecule has 3 heteroatoms. The zero-order valence-corrected chi connectivity index (χ0v) is 15.8. The molecule has 0 aliphatic heterocycles. The average Bonchev–Trinajstić information content (AvgIpc) is 2.63. The number of nitrogens with one attached hydrogen (secondary N) is 1. The van der Waals surface area contributed by atoms with Gasteiger partial charge in [-0.05, 0) is 56.7 Å². The van der Waals surface area contributed by atoms with Crippen LogP contribution >= 0.6 is 0 Å². The van der Waals surface area contributed by atoms with Crippen LogP contribution in [0.15, 0.2) is 48.5 Å². The van der Waals surface area contributed by atoms with Gasteiger partial charge >= 0.3 is 0 Å². The lowest BCUT2D eigenvalue weighted by Crippen LogP contribution is -2.22. The van der Waals surface area contributed by atoms with Gasteiger partial charge in [-0.2, -0.15) is 0 Å². The Morgan fingerprint density at radius 2 is 1.56 bits per heavy atom. The summed E-state index contributed by atoms with van der Waals surface area (Å²) >= 11 is 0. The van der Waals surface area contributed by atoms with E-state index in [0.717, 1.165) is 36.8 Å². The first-order valence-electron chi connectivity index (χ1n) is 9.37. The van der Waals surface area contributed by atoms with Gasteiger partial charge in [-0.1, -0.05) is 43.9 Å². The molecule has 1 atom stereocenters. The van der Waals surface area contributed by atoms with E-state index in [0.29, 0.717) is 0 Å². The highest BCUT2D eigenvalue weighted by atomic mass is 16.5. The second-order valence-electron chi connectivity index (χ2n) is 6.56. The van der Waals surface area contributed by atoms with E-state index >= 15 is 0 Å². The van der Waals surface area contributed by atoms with E-state index in [-0.39, 0.29) is 6.10 Å². The lowest BCUT2D eigenvalue weighted by Gasteiger charge is -2.16. The van der Waals surface area contributed by atoms with Crippen molar-refractivity contribution in [2.75, 3.05) is 18.5 Å². The third kappa shape index (κ3) is 7.51. The van der Waals surface area contributed by atoms with Crippen LogP contribution in [0.25, 0.3) is 0 Å². The van der Waals surface area contributed by atoms with E-state index in [1.807, 2.05) is 24.3 Å². The van der Waals surface area contributed by atoms with Gasteiger partial charge in [-0.25, -0.2) is 0 Å². The maximum absolute atomic E-state index is 5.91. The lowest BCUT2D eigenvalue weighted by atomic mass is 10.2. The Kier molecular flexibility index (Phi) is 8.17. The fraction of sp³-hybridized carbons (Fsp3) is 0.455. The van der Waals surface area contributed by atoms with Crippen molar-refractivity contribution in [3.05, 3.63) is 54.1 Å². The number of aryl methyl sites for hydroxylation is 1. The zero-order chi connectivity index (χ0) is 17.9. The Labute approximate surface area is 152 Å². The molecule has 0 spiro atoms. The molecule has 0 saturated heterocycles. The fourth-order valence-electron chi connectivity index (χ4n) is 2.54. The summed E-state index contributed by atoms with van der Waals surface area (Å²) in [7, 11) is 0. The molecule has 136 valence electrons. The largest absolute Gasteiger partial charge is 0.494 e. The topological polar surface area (TPSA) is 30.5 Å². The second kappa shape index (κ2) is 10.7. The Bertz CT molecular complexity index is 592. The van der Waals surface area contributed by atoms with Crippen molar-refractivity contribution in [3.8, 4) is 11.5 Å². The third-order valence-corrected chi connectivity index (χ3v) is 4.07. The lowest BCUT2D eigenvalue weighted by molar-refractivity contribution is 0.234. The van der Waals surface area contributed by atoms with E-state index < -0.39 is 0 Å². The number of hydrogen-bond donors (Lipinski definition) is 1. The highest BCUT2D eigenvalue weighted by molar-refractivity contribution is 5.46. The van der Waals surface area contributed by atoms with Crippen LogP contribution in [0.1, 0.15) is 45.1 Å². The molecule has 0 saturated carbocycles. The fourth-order valence-corrected chi connectivity index (χ4v) is 2.54. The number of anilines is 1.